The number of piperidine rings is 1. The van der Waals surface area contributed by atoms with E-state index in [1.54, 1.807) is 17.0 Å². The van der Waals surface area contributed by atoms with E-state index >= 15 is 0 Å². The lowest BCUT2D eigenvalue weighted by molar-refractivity contribution is -0.0442. The molecule has 8 heteroatoms. The second-order valence-electron chi connectivity index (χ2n) is 7.57. The van der Waals surface area contributed by atoms with Gasteiger partial charge in [0.15, 0.2) is 5.60 Å². The smallest absolute Gasteiger partial charge is 0.339 e. The Morgan fingerprint density at radius 2 is 1.79 bits per heavy atom. The lowest BCUT2D eigenvalue weighted by Crippen LogP contribution is -2.48. The topological polar surface area (TPSA) is 84.0 Å². The Morgan fingerprint density at radius 1 is 1.10 bits per heavy atom. The molecular weight excluding hydrogens is 392 g/mol. The minimum absolute atomic E-state index is 0.132. The second-order valence-corrected chi connectivity index (χ2v) is 9.72. The molecule has 0 radical (unpaired) electrons. The molecule has 0 saturated carbocycles. The Hall–Kier alpha value is -2.71. The van der Waals surface area contributed by atoms with Crippen LogP contribution in [0.4, 0.5) is 0 Å². The van der Waals surface area contributed by atoms with Gasteiger partial charge in [0.25, 0.3) is 5.91 Å². The number of fused-ring (bicyclic) bond motifs is 2. The summed E-state index contributed by atoms with van der Waals surface area (Å²) in [6.07, 6.45) is 1.37. The van der Waals surface area contributed by atoms with Gasteiger partial charge in [-0.25, -0.2) is 17.5 Å². The number of sulfonamides is 1. The summed E-state index contributed by atoms with van der Waals surface area (Å²) in [7, 11) is -0.630. The van der Waals surface area contributed by atoms with Gasteiger partial charge in [-0.1, -0.05) is 18.2 Å². The van der Waals surface area contributed by atoms with E-state index in [0.29, 0.717) is 30.5 Å². The summed E-state index contributed by atoms with van der Waals surface area (Å²) in [4.78, 5) is 27.1. The van der Waals surface area contributed by atoms with Crippen molar-refractivity contribution < 1.29 is 22.7 Å². The summed E-state index contributed by atoms with van der Waals surface area (Å²) in [6.45, 7) is 0.838. The molecular formula is C21H22N2O5S. The van der Waals surface area contributed by atoms with Crippen LogP contribution in [0.5, 0.6) is 0 Å². The van der Waals surface area contributed by atoms with Crippen molar-refractivity contribution in [1.82, 2.24) is 9.21 Å². The van der Waals surface area contributed by atoms with E-state index in [-0.39, 0.29) is 23.3 Å². The van der Waals surface area contributed by atoms with Crippen LogP contribution in [0, 0.1) is 0 Å². The van der Waals surface area contributed by atoms with Gasteiger partial charge in [-0.15, -0.1) is 0 Å². The maximum atomic E-state index is 13.1. The van der Waals surface area contributed by atoms with Crippen molar-refractivity contribution in [1.29, 1.82) is 0 Å². The van der Waals surface area contributed by atoms with Gasteiger partial charge in [0.1, 0.15) is 0 Å². The Labute approximate surface area is 169 Å². The van der Waals surface area contributed by atoms with Gasteiger partial charge in [0.2, 0.25) is 10.0 Å². The van der Waals surface area contributed by atoms with Crippen molar-refractivity contribution in [2.24, 2.45) is 0 Å². The second kappa shape index (κ2) is 6.96. The highest BCUT2D eigenvalue weighted by atomic mass is 32.2. The predicted molar refractivity (Wildman–Crippen MR) is 106 cm³/mol. The number of nitrogens with zero attached hydrogens (tertiary/aromatic N) is 2. The molecule has 4 rings (SSSR count). The zero-order valence-electron chi connectivity index (χ0n) is 16.3. The Bertz CT molecular complexity index is 1080. The van der Waals surface area contributed by atoms with Crippen molar-refractivity contribution in [2.75, 3.05) is 27.2 Å². The van der Waals surface area contributed by atoms with E-state index in [1.165, 1.54) is 38.4 Å². The van der Waals surface area contributed by atoms with E-state index in [4.69, 9.17) is 4.74 Å². The highest BCUT2D eigenvalue weighted by Crippen LogP contribution is 2.43. The number of amides is 1. The molecule has 0 bridgehead atoms. The Balaban J connectivity index is 1.58. The first kappa shape index (κ1) is 19.6. The van der Waals surface area contributed by atoms with Crippen LogP contribution in [0.15, 0.2) is 53.4 Å². The molecule has 2 aromatic carbocycles. The molecule has 1 spiro atoms. The summed E-state index contributed by atoms with van der Waals surface area (Å²) >= 11 is 0. The highest BCUT2D eigenvalue weighted by molar-refractivity contribution is 7.89. The number of carbonyl (C=O) groups excluding carboxylic acids is 2. The summed E-state index contributed by atoms with van der Waals surface area (Å²) in [6, 6.07) is 13.2. The van der Waals surface area contributed by atoms with Gasteiger partial charge in [-0.2, -0.15) is 0 Å². The zero-order valence-corrected chi connectivity index (χ0v) is 17.1. The third-order valence-electron chi connectivity index (χ3n) is 5.55. The third-order valence-corrected chi connectivity index (χ3v) is 7.38. The zero-order chi connectivity index (χ0) is 20.8. The molecule has 1 fully saturated rings. The molecule has 0 N–H and O–H groups in total. The molecule has 2 aliphatic heterocycles. The quantitative estimate of drug-likeness (QED) is 0.720. The number of hydrogen-bond acceptors (Lipinski definition) is 5. The summed E-state index contributed by atoms with van der Waals surface area (Å²) < 4.78 is 31.3. The minimum Gasteiger partial charge on any atom is -0.449 e. The predicted octanol–water partition coefficient (Wildman–Crippen LogP) is 2.24. The maximum Gasteiger partial charge on any atom is 0.339 e. The molecule has 1 amide bonds. The fraction of sp³-hybridized carbons (Fsp3) is 0.333. The number of hydrogen-bond donors (Lipinski definition) is 0. The molecule has 1 unspecified atom stereocenters. The van der Waals surface area contributed by atoms with Crippen LogP contribution in [-0.2, 0) is 20.4 Å². The normalized spacial score (nSPS) is 21.3. The van der Waals surface area contributed by atoms with Crippen LogP contribution in [-0.4, -0.2) is 56.7 Å². The van der Waals surface area contributed by atoms with E-state index in [1.807, 2.05) is 12.1 Å². The molecule has 152 valence electrons. The van der Waals surface area contributed by atoms with Gasteiger partial charge in [0.05, 0.1) is 17.0 Å². The molecule has 1 atom stereocenters. The number of benzene rings is 2. The molecule has 0 aliphatic carbocycles. The van der Waals surface area contributed by atoms with Crippen molar-refractivity contribution in [3.63, 3.8) is 0 Å². The number of esters is 1. The fourth-order valence-electron chi connectivity index (χ4n) is 4.01. The average molecular weight is 414 g/mol. The summed E-state index contributed by atoms with van der Waals surface area (Å²) in [5.41, 5.74) is 0.975. The van der Waals surface area contributed by atoms with Crippen molar-refractivity contribution in [3.8, 4) is 0 Å². The van der Waals surface area contributed by atoms with E-state index in [9.17, 15) is 18.0 Å². The summed E-state index contributed by atoms with van der Waals surface area (Å²) in [5.74, 6) is -0.563. The SMILES string of the molecule is CN(C)S(=O)(=O)c1ccc(C(=O)N2CCCC3(C2)OC(=O)c2ccccc23)cc1. The molecule has 7 nitrogen and oxygen atoms in total. The van der Waals surface area contributed by atoms with Crippen molar-refractivity contribution in [3.05, 3.63) is 65.2 Å². The highest BCUT2D eigenvalue weighted by Gasteiger charge is 2.48. The number of carbonyl (C=O) groups is 2. The van der Waals surface area contributed by atoms with Crippen LogP contribution in [0.1, 0.15) is 39.1 Å². The maximum absolute atomic E-state index is 13.1. The van der Waals surface area contributed by atoms with Crippen LogP contribution in [0.2, 0.25) is 0 Å². The summed E-state index contributed by atoms with van der Waals surface area (Å²) in [5, 5.41) is 0. The first-order chi connectivity index (χ1) is 13.7. The standard InChI is InChI=1S/C21H22N2O5S/c1-22(2)29(26,27)16-10-8-15(9-11-16)19(24)23-13-5-12-21(14-23)18-7-4-3-6-17(18)20(25)28-21/h3-4,6-11H,5,12-14H2,1-2H3. The van der Waals surface area contributed by atoms with Gasteiger partial charge in [0, 0.05) is 31.8 Å². The van der Waals surface area contributed by atoms with Crippen LogP contribution >= 0.6 is 0 Å². The molecule has 29 heavy (non-hydrogen) atoms. The molecule has 2 heterocycles. The molecule has 1 saturated heterocycles. The minimum atomic E-state index is -3.55. The Morgan fingerprint density at radius 3 is 2.48 bits per heavy atom. The van der Waals surface area contributed by atoms with Gasteiger partial charge >= 0.3 is 5.97 Å². The van der Waals surface area contributed by atoms with Gasteiger partial charge in [-0.05, 0) is 43.2 Å². The molecule has 0 aromatic heterocycles. The molecule has 2 aliphatic rings. The van der Waals surface area contributed by atoms with Crippen molar-refractivity contribution in [2.45, 2.75) is 23.3 Å². The third kappa shape index (κ3) is 3.22. The Kier molecular flexibility index (Phi) is 4.71. The largest absolute Gasteiger partial charge is 0.449 e. The number of ether oxygens (including phenoxy) is 1. The van der Waals surface area contributed by atoms with E-state index in [0.717, 1.165) is 9.87 Å². The lowest BCUT2D eigenvalue weighted by atomic mass is 9.85. The van der Waals surface area contributed by atoms with Crippen LogP contribution in [0.3, 0.4) is 0 Å². The van der Waals surface area contributed by atoms with Crippen molar-refractivity contribution >= 4 is 21.9 Å². The number of likely N-dealkylation sites (tertiary alicyclic amines) is 1. The monoisotopic (exact) mass is 414 g/mol. The lowest BCUT2D eigenvalue weighted by Gasteiger charge is -2.39. The molecule has 2 aromatic rings. The number of rotatable bonds is 3. The fourth-order valence-corrected chi connectivity index (χ4v) is 4.91. The van der Waals surface area contributed by atoms with Gasteiger partial charge in [-0.3, -0.25) is 4.79 Å². The first-order valence-corrected chi connectivity index (χ1v) is 10.8. The average Bonchev–Trinajstić information content (AvgIpc) is 2.99. The van der Waals surface area contributed by atoms with Gasteiger partial charge < -0.3 is 9.64 Å². The van der Waals surface area contributed by atoms with E-state index < -0.39 is 15.6 Å². The first-order valence-electron chi connectivity index (χ1n) is 9.39. The van der Waals surface area contributed by atoms with Crippen LogP contribution < -0.4 is 0 Å². The van der Waals surface area contributed by atoms with E-state index in [2.05, 4.69) is 0 Å². The van der Waals surface area contributed by atoms with Crippen LogP contribution in [0.25, 0.3) is 0 Å².